The van der Waals surface area contributed by atoms with Gasteiger partial charge in [-0.25, -0.2) is 0 Å². The Bertz CT molecular complexity index is 726. The van der Waals surface area contributed by atoms with Gasteiger partial charge < -0.3 is 19.6 Å². The number of pyridine rings is 1. The summed E-state index contributed by atoms with van der Waals surface area (Å²) in [6.07, 6.45) is 4.09. The van der Waals surface area contributed by atoms with Crippen molar-refractivity contribution in [3.8, 4) is 17.2 Å². The molecule has 0 fully saturated rings. The number of methoxy groups -OCH3 is 2. The molecule has 0 saturated carbocycles. The highest BCUT2D eigenvalue weighted by atomic mass is 32.2. The van der Waals surface area contributed by atoms with Crippen LogP contribution in [0.1, 0.15) is 19.8 Å². The van der Waals surface area contributed by atoms with E-state index < -0.39 is 0 Å². The van der Waals surface area contributed by atoms with Crippen LogP contribution in [-0.2, 0) is 10.9 Å². The van der Waals surface area contributed by atoms with Gasteiger partial charge in [-0.1, -0.05) is 13.3 Å². The van der Waals surface area contributed by atoms with Crippen molar-refractivity contribution in [3.63, 3.8) is 0 Å². The van der Waals surface area contributed by atoms with E-state index in [4.69, 9.17) is 9.47 Å². The Balaban J connectivity index is 2.63. The second-order valence-electron chi connectivity index (χ2n) is 5.08. The van der Waals surface area contributed by atoms with Gasteiger partial charge in [0.15, 0.2) is 17.2 Å². The molecule has 5 nitrogen and oxygen atoms in total. The first-order valence-electron chi connectivity index (χ1n) is 7.17. The molecule has 1 atom stereocenters. The number of aromatic hydroxyl groups is 1. The van der Waals surface area contributed by atoms with E-state index in [1.165, 1.54) is 7.11 Å². The number of aromatic nitrogens is 1. The minimum absolute atomic E-state index is 0.0432. The summed E-state index contributed by atoms with van der Waals surface area (Å²) in [6, 6.07) is 3.36. The number of aromatic amines is 1. The molecule has 0 saturated heterocycles. The normalized spacial score (nSPS) is 12.4. The monoisotopic (exact) mass is 324 g/mol. The lowest BCUT2D eigenvalue weighted by Crippen LogP contribution is -2.19. The van der Waals surface area contributed by atoms with Gasteiger partial charge >= 0.3 is 5.56 Å². The van der Waals surface area contributed by atoms with Crippen molar-refractivity contribution in [2.45, 2.75) is 24.7 Å². The van der Waals surface area contributed by atoms with Gasteiger partial charge in [-0.3, -0.25) is 4.79 Å². The quantitative estimate of drug-likeness (QED) is 0.801. The SMILES string of the molecule is CCCC[S+](C)c1c(O)c2cc(OC)c(OC)cc2[nH]c1=O. The van der Waals surface area contributed by atoms with Crippen molar-refractivity contribution in [3.05, 3.63) is 22.5 Å². The lowest BCUT2D eigenvalue weighted by atomic mass is 10.2. The number of fused-ring (bicyclic) bond motifs is 1. The van der Waals surface area contributed by atoms with Gasteiger partial charge in [0, 0.05) is 22.3 Å². The van der Waals surface area contributed by atoms with Crippen molar-refractivity contribution >= 4 is 21.8 Å². The zero-order valence-corrected chi connectivity index (χ0v) is 14.2. The highest BCUT2D eigenvalue weighted by Crippen LogP contribution is 2.36. The Morgan fingerprint density at radius 1 is 1.23 bits per heavy atom. The maximum atomic E-state index is 12.3. The first-order valence-corrected chi connectivity index (χ1v) is 8.97. The summed E-state index contributed by atoms with van der Waals surface area (Å²) in [6.45, 7) is 2.11. The number of ether oxygens (including phenoxy) is 2. The van der Waals surface area contributed by atoms with Gasteiger partial charge in [-0.05, 0) is 12.5 Å². The lowest BCUT2D eigenvalue weighted by molar-refractivity contribution is 0.355. The predicted octanol–water partition coefficient (Wildman–Crippen LogP) is 2.66. The Labute approximate surface area is 132 Å². The number of unbranched alkanes of at least 4 members (excludes halogenated alkanes) is 1. The summed E-state index contributed by atoms with van der Waals surface area (Å²) in [5, 5.41) is 11.1. The average Bonchev–Trinajstić information content (AvgIpc) is 2.51. The number of rotatable bonds is 6. The molecule has 6 heteroatoms. The van der Waals surface area contributed by atoms with E-state index in [0.717, 1.165) is 18.6 Å². The van der Waals surface area contributed by atoms with Crippen LogP contribution in [0.5, 0.6) is 17.2 Å². The Morgan fingerprint density at radius 2 is 1.86 bits per heavy atom. The van der Waals surface area contributed by atoms with Crippen LogP contribution < -0.4 is 15.0 Å². The third-order valence-corrected chi connectivity index (χ3v) is 5.58. The molecule has 2 N–H and O–H groups in total. The maximum Gasteiger partial charge on any atom is 0.307 e. The van der Waals surface area contributed by atoms with Crippen LogP contribution in [0.15, 0.2) is 21.8 Å². The zero-order chi connectivity index (χ0) is 16.3. The minimum atomic E-state index is -0.294. The molecule has 0 aliphatic heterocycles. The molecular weight excluding hydrogens is 302 g/mol. The summed E-state index contributed by atoms with van der Waals surface area (Å²) in [5.74, 6) is 1.97. The van der Waals surface area contributed by atoms with E-state index in [2.05, 4.69) is 11.9 Å². The number of hydrogen-bond acceptors (Lipinski definition) is 4. The second kappa shape index (κ2) is 6.96. The molecule has 120 valence electrons. The molecule has 0 bridgehead atoms. The number of H-pyrrole nitrogens is 1. The van der Waals surface area contributed by atoms with E-state index in [9.17, 15) is 9.90 Å². The molecule has 22 heavy (non-hydrogen) atoms. The first-order chi connectivity index (χ1) is 10.5. The summed E-state index contributed by atoms with van der Waals surface area (Å²) in [5.41, 5.74) is 0.301. The van der Waals surface area contributed by atoms with E-state index >= 15 is 0 Å². The van der Waals surface area contributed by atoms with Gasteiger partial charge in [0.2, 0.25) is 0 Å². The van der Waals surface area contributed by atoms with Crippen molar-refractivity contribution in [1.82, 2.24) is 4.98 Å². The molecule has 1 heterocycles. The first kappa shape index (κ1) is 16.5. The summed E-state index contributed by atoms with van der Waals surface area (Å²) in [4.78, 5) is 15.6. The van der Waals surface area contributed by atoms with Crippen LogP contribution in [0.4, 0.5) is 0 Å². The van der Waals surface area contributed by atoms with Gasteiger partial charge in [0.05, 0.1) is 19.7 Å². The van der Waals surface area contributed by atoms with Gasteiger partial charge in [0.1, 0.15) is 12.0 Å². The standard InChI is InChI=1S/C16H21NO4S/c1-5-6-7-22(4)15-14(18)10-8-12(20-2)13(21-3)9-11(10)17-16(15)19/h8-9H,5-7H2,1-4H3,(H-,17,18,19)/p+1. The van der Waals surface area contributed by atoms with Gasteiger partial charge in [-0.15, -0.1) is 0 Å². The predicted molar refractivity (Wildman–Crippen MR) is 90.7 cm³/mol. The molecule has 1 aromatic carbocycles. The highest BCUT2D eigenvalue weighted by molar-refractivity contribution is 7.96. The largest absolute Gasteiger partial charge is 0.503 e. The smallest absolute Gasteiger partial charge is 0.307 e. The van der Waals surface area contributed by atoms with E-state index in [-0.39, 0.29) is 22.2 Å². The van der Waals surface area contributed by atoms with E-state index in [1.807, 2.05) is 6.26 Å². The molecule has 0 spiro atoms. The van der Waals surface area contributed by atoms with Crippen LogP contribution >= 0.6 is 0 Å². The lowest BCUT2D eigenvalue weighted by Gasteiger charge is -2.11. The third kappa shape index (κ3) is 3.02. The third-order valence-electron chi connectivity index (χ3n) is 3.60. The molecule has 0 aliphatic rings. The fourth-order valence-electron chi connectivity index (χ4n) is 2.37. The fourth-order valence-corrected chi connectivity index (χ4v) is 4.11. The summed E-state index contributed by atoms with van der Waals surface area (Å²) < 4.78 is 10.5. The van der Waals surface area contributed by atoms with Crippen LogP contribution in [0.2, 0.25) is 0 Å². The van der Waals surface area contributed by atoms with Crippen molar-refractivity contribution < 1.29 is 14.6 Å². The molecular formula is C16H22NO4S+. The van der Waals surface area contributed by atoms with Crippen LogP contribution in [-0.4, -0.2) is 36.3 Å². The van der Waals surface area contributed by atoms with E-state index in [0.29, 0.717) is 27.3 Å². The molecule has 1 unspecified atom stereocenters. The molecule has 0 radical (unpaired) electrons. The van der Waals surface area contributed by atoms with Crippen molar-refractivity contribution in [2.24, 2.45) is 0 Å². The van der Waals surface area contributed by atoms with Gasteiger partial charge in [-0.2, -0.15) is 0 Å². The zero-order valence-electron chi connectivity index (χ0n) is 13.4. The number of benzene rings is 1. The summed E-state index contributed by atoms with van der Waals surface area (Å²) >= 11 is 0. The van der Waals surface area contributed by atoms with Crippen LogP contribution in [0.3, 0.4) is 0 Å². The van der Waals surface area contributed by atoms with Crippen molar-refractivity contribution in [1.29, 1.82) is 0 Å². The molecule has 1 aromatic heterocycles. The molecule has 0 amide bonds. The Morgan fingerprint density at radius 3 is 2.45 bits per heavy atom. The van der Waals surface area contributed by atoms with Crippen LogP contribution in [0.25, 0.3) is 10.9 Å². The topological polar surface area (TPSA) is 71.5 Å². The molecule has 2 aromatic rings. The maximum absolute atomic E-state index is 12.3. The second-order valence-corrected chi connectivity index (χ2v) is 7.17. The molecule has 2 rings (SSSR count). The average molecular weight is 324 g/mol. The number of hydrogen-bond donors (Lipinski definition) is 2. The highest BCUT2D eigenvalue weighted by Gasteiger charge is 2.27. The fraction of sp³-hybridized carbons (Fsp3) is 0.438. The number of nitrogens with one attached hydrogen (secondary N) is 1. The van der Waals surface area contributed by atoms with E-state index in [1.54, 1.807) is 19.2 Å². The molecule has 0 aliphatic carbocycles. The van der Waals surface area contributed by atoms with Gasteiger partial charge in [0.25, 0.3) is 4.90 Å². The minimum Gasteiger partial charge on any atom is -0.503 e. The Hall–Kier alpha value is -1.82. The Kier molecular flexibility index (Phi) is 5.24. The van der Waals surface area contributed by atoms with Crippen molar-refractivity contribution in [2.75, 3.05) is 26.2 Å². The van der Waals surface area contributed by atoms with Crippen LogP contribution in [0, 0.1) is 0 Å². The summed E-state index contributed by atoms with van der Waals surface area (Å²) in [7, 11) is 2.78.